The van der Waals surface area contributed by atoms with E-state index in [2.05, 4.69) is 16.4 Å². The highest BCUT2D eigenvalue weighted by Gasteiger charge is 2.40. The van der Waals surface area contributed by atoms with Crippen molar-refractivity contribution in [2.75, 3.05) is 16.8 Å². The fourth-order valence-electron chi connectivity index (χ4n) is 4.79. The highest BCUT2D eigenvalue weighted by atomic mass is 16.2. The number of anilines is 2. The molecule has 2 amide bonds. The number of imidazole rings is 1. The van der Waals surface area contributed by atoms with Crippen LogP contribution in [0.2, 0.25) is 0 Å². The second kappa shape index (κ2) is 8.19. The van der Waals surface area contributed by atoms with Crippen LogP contribution < -0.4 is 10.2 Å². The molecule has 5 aromatic rings. The zero-order chi connectivity index (χ0) is 23.1. The van der Waals surface area contributed by atoms with E-state index in [0.29, 0.717) is 24.6 Å². The van der Waals surface area contributed by atoms with Gasteiger partial charge < -0.3 is 10.3 Å². The largest absolute Gasteiger partial charge is 0.361 e. The molecule has 0 saturated heterocycles. The van der Waals surface area contributed by atoms with Gasteiger partial charge in [-0.05, 0) is 42.3 Å². The molecule has 0 unspecified atom stereocenters. The number of para-hydroxylation sites is 4. The van der Waals surface area contributed by atoms with Gasteiger partial charge >= 0.3 is 0 Å². The third kappa shape index (κ3) is 3.42. The highest BCUT2D eigenvalue weighted by Crippen LogP contribution is 2.36. The summed E-state index contributed by atoms with van der Waals surface area (Å²) in [6.45, 7) is 0.487. The van der Waals surface area contributed by atoms with Gasteiger partial charge in [0, 0.05) is 29.3 Å². The summed E-state index contributed by atoms with van der Waals surface area (Å²) < 4.78 is 1.91. The SMILES string of the molecule is O=C(C[C@H]1C(=O)N(CCc2c[nH]c3ccccc23)c2nc3ccccc3n21)Nc1ccccc1. The normalized spacial score (nSPS) is 15.2. The number of carbonyl (C=O) groups is 2. The molecule has 0 aliphatic carbocycles. The molecule has 0 bridgehead atoms. The van der Waals surface area contributed by atoms with Gasteiger partial charge in [0.2, 0.25) is 11.9 Å². The van der Waals surface area contributed by atoms with Crippen LogP contribution in [0, 0.1) is 0 Å². The fourth-order valence-corrected chi connectivity index (χ4v) is 4.79. The maximum atomic E-state index is 13.6. The van der Waals surface area contributed by atoms with E-state index >= 15 is 0 Å². The number of hydrogen-bond acceptors (Lipinski definition) is 3. The Bertz CT molecular complexity index is 1520. The van der Waals surface area contributed by atoms with Gasteiger partial charge in [-0.3, -0.25) is 19.1 Å². The van der Waals surface area contributed by atoms with Gasteiger partial charge in [0.1, 0.15) is 6.04 Å². The Balaban J connectivity index is 1.30. The van der Waals surface area contributed by atoms with Crippen molar-refractivity contribution in [2.45, 2.75) is 18.9 Å². The van der Waals surface area contributed by atoms with Crippen LogP contribution in [-0.4, -0.2) is 32.9 Å². The average molecular weight is 450 g/mol. The molecule has 1 aliphatic rings. The molecule has 0 spiro atoms. The van der Waals surface area contributed by atoms with Crippen molar-refractivity contribution in [3.63, 3.8) is 0 Å². The smallest absolute Gasteiger partial charge is 0.253 e. The number of hydrogen-bond donors (Lipinski definition) is 2. The Morgan fingerprint density at radius 1 is 0.971 bits per heavy atom. The molecule has 0 radical (unpaired) electrons. The van der Waals surface area contributed by atoms with Crippen LogP contribution in [0.3, 0.4) is 0 Å². The number of amides is 2. The third-order valence-electron chi connectivity index (χ3n) is 6.40. The molecule has 3 aromatic carbocycles. The summed E-state index contributed by atoms with van der Waals surface area (Å²) in [5, 5.41) is 4.06. The van der Waals surface area contributed by atoms with Crippen molar-refractivity contribution in [1.29, 1.82) is 0 Å². The van der Waals surface area contributed by atoms with Crippen molar-refractivity contribution >= 4 is 45.4 Å². The summed E-state index contributed by atoms with van der Waals surface area (Å²) in [7, 11) is 0. The molecule has 6 rings (SSSR count). The maximum absolute atomic E-state index is 13.6. The van der Waals surface area contributed by atoms with Crippen LogP contribution >= 0.6 is 0 Å². The number of nitrogens with one attached hydrogen (secondary N) is 2. The third-order valence-corrected chi connectivity index (χ3v) is 6.40. The van der Waals surface area contributed by atoms with Gasteiger partial charge in [-0.25, -0.2) is 4.98 Å². The monoisotopic (exact) mass is 449 g/mol. The maximum Gasteiger partial charge on any atom is 0.253 e. The molecule has 0 fully saturated rings. The fraction of sp³-hybridized carbons (Fsp3) is 0.148. The summed E-state index contributed by atoms with van der Waals surface area (Å²) in [5.74, 6) is 0.298. The van der Waals surface area contributed by atoms with Crippen LogP contribution in [0.25, 0.3) is 21.9 Å². The highest BCUT2D eigenvalue weighted by molar-refractivity contribution is 6.05. The molecule has 2 aromatic heterocycles. The summed E-state index contributed by atoms with van der Waals surface area (Å²) in [6.07, 6.45) is 2.73. The van der Waals surface area contributed by atoms with E-state index in [4.69, 9.17) is 4.98 Å². The average Bonchev–Trinajstić information content (AvgIpc) is 3.51. The number of carbonyl (C=O) groups excluding carboxylic acids is 2. The second-order valence-electron chi connectivity index (χ2n) is 8.50. The number of aromatic amines is 1. The number of H-pyrrole nitrogens is 1. The Morgan fingerprint density at radius 3 is 2.62 bits per heavy atom. The summed E-state index contributed by atoms with van der Waals surface area (Å²) in [5.41, 5.74) is 4.61. The number of fused-ring (bicyclic) bond motifs is 4. The van der Waals surface area contributed by atoms with E-state index in [0.717, 1.165) is 27.5 Å². The molecule has 3 heterocycles. The van der Waals surface area contributed by atoms with E-state index in [1.54, 1.807) is 4.90 Å². The lowest BCUT2D eigenvalue weighted by Crippen LogP contribution is -2.33. The summed E-state index contributed by atoms with van der Waals surface area (Å²) >= 11 is 0. The van der Waals surface area contributed by atoms with Crippen LogP contribution in [-0.2, 0) is 16.0 Å². The first-order valence-electron chi connectivity index (χ1n) is 11.4. The van der Waals surface area contributed by atoms with Crippen LogP contribution in [0.15, 0.2) is 85.1 Å². The summed E-state index contributed by atoms with van der Waals surface area (Å²) in [4.78, 5) is 36.2. The van der Waals surface area contributed by atoms with E-state index in [1.807, 2.05) is 83.6 Å². The predicted octanol–water partition coefficient (Wildman–Crippen LogP) is 4.68. The van der Waals surface area contributed by atoms with Gasteiger partial charge in [-0.2, -0.15) is 0 Å². The van der Waals surface area contributed by atoms with Crippen LogP contribution in [0.4, 0.5) is 11.6 Å². The number of benzene rings is 3. The standard InChI is InChI=1S/C27H23N5O2/c33-25(29-19-8-2-1-3-9-19)16-24-26(34)31(27-30-22-12-6-7-13-23(22)32(24)27)15-14-18-17-28-21-11-5-4-10-20(18)21/h1-13,17,24,28H,14-16H2,(H,29,33)/t24-/m0/s1. The van der Waals surface area contributed by atoms with E-state index < -0.39 is 6.04 Å². The molecule has 7 heteroatoms. The zero-order valence-corrected chi connectivity index (χ0v) is 18.4. The first kappa shape index (κ1) is 20.2. The Labute approximate surface area is 196 Å². The van der Waals surface area contributed by atoms with Crippen LogP contribution in [0.5, 0.6) is 0 Å². The minimum atomic E-state index is -0.630. The number of nitrogens with zero attached hydrogens (tertiary/aromatic N) is 3. The molecule has 168 valence electrons. The van der Waals surface area contributed by atoms with Gasteiger partial charge in [0.05, 0.1) is 17.5 Å². The first-order valence-corrected chi connectivity index (χ1v) is 11.4. The topological polar surface area (TPSA) is 83.0 Å². The van der Waals surface area contributed by atoms with Gasteiger partial charge in [0.25, 0.3) is 5.91 Å². The van der Waals surface area contributed by atoms with Crippen molar-refractivity contribution < 1.29 is 9.59 Å². The molecular weight excluding hydrogens is 426 g/mol. The van der Waals surface area contributed by atoms with Crippen LogP contribution in [0.1, 0.15) is 18.0 Å². The van der Waals surface area contributed by atoms with E-state index in [9.17, 15) is 9.59 Å². The van der Waals surface area contributed by atoms with Crippen molar-refractivity contribution in [2.24, 2.45) is 0 Å². The van der Waals surface area contributed by atoms with Gasteiger partial charge in [0.15, 0.2) is 0 Å². The van der Waals surface area contributed by atoms with E-state index in [-0.39, 0.29) is 18.2 Å². The Hall–Kier alpha value is -4.39. The second-order valence-corrected chi connectivity index (χ2v) is 8.50. The predicted molar refractivity (Wildman–Crippen MR) is 133 cm³/mol. The lowest BCUT2D eigenvalue weighted by Gasteiger charge is -2.16. The zero-order valence-electron chi connectivity index (χ0n) is 18.4. The van der Waals surface area contributed by atoms with Crippen molar-refractivity contribution in [3.8, 4) is 0 Å². The Kier molecular flexibility index (Phi) is 4.87. The number of aromatic nitrogens is 3. The number of rotatable bonds is 6. The molecule has 1 atom stereocenters. The quantitative estimate of drug-likeness (QED) is 0.395. The van der Waals surface area contributed by atoms with Crippen molar-refractivity contribution in [1.82, 2.24) is 14.5 Å². The van der Waals surface area contributed by atoms with Gasteiger partial charge in [-0.15, -0.1) is 0 Å². The Morgan fingerprint density at radius 2 is 1.74 bits per heavy atom. The van der Waals surface area contributed by atoms with Crippen molar-refractivity contribution in [3.05, 3.63) is 90.6 Å². The molecule has 1 aliphatic heterocycles. The van der Waals surface area contributed by atoms with E-state index in [1.165, 1.54) is 0 Å². The molecule has 0 saturated carbocycles. The molecule has 34 heavy (non-hydrogen) atoms. The lowest BCUT2D eigenvalue weighted by molar-refractivity contribution is -0.124. The first-order chi connectivity index (χ1) is 16.7. The van der Waals surface area contributed by atoms with Gasteiger partial charge in [-0.1, -0.05) is 48.5 Å². The molecular formula is C27H23N5O2. The minimum Gasteiger partial charge on any atom is -0.361 e. The minimum absolute atomic E-state index is 0.0463. The summed E-state index contributed by atoms with van der Waals surface area (Å²) in [6, 6.07) is 24.5. The molecule has 2 N–H and O–H groups in total. The molecule has 7 nitrogen and oxygen atoms in total. The lowest BCUT2D eigenvalue weighted by atomic mass is 10.1.